The Labute approximate surface area is 162 Å². The summed E-state index contributed by atoms with van der Waals surface area (Å²) >= 11 is 0. The molecule has 0 N–H and O–H groups in total. The van der Waals surface area contributed by atoms with E-state index in [2.05, 4.69) is 33.9 Å². The van der Waals surface area contributed by atoms with Gasteiger partial charge in [-0.15, -0.1) is 0 Å². The number of piperazine rings is 1. The van der Waals surface area contributed by atoms with Crippen molar-refractivity contribution in [1.82, 2.24) is 14.9 Å². The number of amides is 1. The molecule has 1 aromatic heterocycles. The minimum absolute atomic E-state index is 0.123. The van der Waals surface area contributed by atoms with Crippen LogP contribution in [0.3, 0.4) is 0 Å². The molecule has 0 bridgehead atoms. The van der Waals surface area contributed by atoms with Crippen LogP contribution < -0.4 is 4.90 Å². The molecule has 0 saturated carbocycles. The van der Waals surface area contributed by atoms with Gasteiger partial charge in [-0.05, 0) is 36.6 Å². The number of carbonyl (C=O) groups excluding carboxylic acids is 1. The fraction of sp³-hybridized carbons (Fsp3) is 0.500. The highest BCUT2D eigenvalue weighted by Crippen LogP contribution is 2.15. The zero-order valence-corrected chi connectivity index (χ0v) is 16.3. The number of rotatable bonds is 8. The van der Waals surface area contributed by atoms with Crippen LogP contribution >= 0.6 is 0 Å². The van der Waals surface area contributed by atoms with Crippen LogP contribution in [0.25, 0.3) is 0 Å². The predicted molar refractivity (Wildman–Crippen MR) is 109 cm³/mol. The summed E-state index contributed by atoms with van der Waals surface area (Å²) in [5, 5.41) is 0. The van der Waals surface area contributed by atoms with Gasteiger partial charge in [0.2, 0.25) is 5.95 Å². The molecule has 27 heavy (non-hydrogen) atoms. The van der Waals surface area contributed by atoms with Gasteiger partial charge in [-0.25, -0.2) is 9.97 Å². The van der Waals surface area contributed by atoms with Gasteiger partial charge in [0.15, 0.2) is 0 Å². The van der Waals surface area contributed by atoms with E-state index in [0.29, 0.717) is 13.1 Å². The number of hydrogen-bond acceptors (Lipinski definition) is 4. The largest absolute Gasteiger partial charge is 0.337 e. The maximum atomic E-state index is 12.8. The van der Waals surface area contributed by atoms with Crippen molar-refractivity contribution in [1.29, 1.82) is 0 Å². The summed E-state index contributed by atoms with van der Waals surface area (Å²) in [5.74, 6) is 0.867. The Balaban J connectivity index is 1.47. The Morgan fingerprint density at radius 1 is 0.926 bits per heavy atom. The minimum Gasteiger partial charge on any atom is -0.337 e. The van der Waals surface area contributed by atoms with E-state index in [1.165, 1.54) is 37.7 Å². The van der Waals surface area contributed by atoms with Gasteiger partial charge in [-0.1, -0.05) is 44.7 Å². The Kier molecular flexibility index (Phi) is 7.19. The van der Waals surface area contributed by atoms with E-state index in [1.54, 1.807) is 12.4 Å². The maximum Gasteiger partial charge on any atom is 0.253 e. The normalized spacial score (nSPS) is 14.4. The highest BCUT2D eigenvalue weighted by Gasteiger charge is 2.23. The lowest BCUT2D eigenvalue weighted by Gasteiger charge is -2.34. The van der Waals surface area contributed by atoms with E-state index in [1.807, 2.05) is 23.1 Å². The van der Waals surface area contributed by atoms with Crippen LogP contribution in [-0.4, -0.2) is 47.0 Å². The number of nitrogens with zero attached hydrogens (tertiary/aromatic N) is 4. The van der Waals surface area contributed by atoms with Gasteiger partial charge in [0.25, 0.3) is 5.91 Å². The van der Waals surface area contributed by atoms with E-state index in [-0.39, 0.29) is 5.91 Å². The van der Waals surface area contributed by atoms with Gasteiger partial charge in [-0.2, -0.15) is 0 Å². The van der Waals surface area contributed by atoms with Gasteiger partial charge in [-0.3, -0.25) is 4.79 Å². The molecule has 0 spiro atoms. The Morgan fingerprint density at radius 3 is 2.26 bits per heavy atom. The molecule has 1 aliphatic rings. The number of benzene rings is 1. The van der Waals surface area contributed by atoms with E-state index in [4.69, 9.17) is 0 Å². The third-order valence-electron chi connectivity index (χ3n) is 5.17. The molecule has 0 atom stereocenters. The van der Waals surface area contributed by atoms with Crippen LogP contribution in [0.2, 0.25) is 0 Å². The van der Waals surface area contributed by atoms with E-state index in [9.17, 15) is 4.79 Å². The van der Waals surface area contributed by atoms with Gasteiger partial charge < -0.3 is 9.80 Å². The summed E-state index contributed by atoms with van der Waals surface area (Å²) in [6.07, 6.45) is 11.1. The zero-order chi connectivity index (χ0) is 18.9. The molecule has 1 aliphatic heterocycles. The number of hydrogen-bond donors (Lipinski definition) is 0. The van der Waals surface area contributed by atoms with Crippen LogP contribution in [0, 0.1) is 0 Å². The van der Waals surface area contributed by atoms with Crippen LogP contribution in [-0.2, 0) is 6.42 Å². The predicted octanol–water partition coefficient (Wildman–Crippen LogP) is 3.95. The fourth-order valence-electron chi connectivity index (χ4n) is 3.49. The lowest BCUT2D eigenvalue weighted by molar-refractivity contribution is 0.0746. The summed E-state index contributed by atoms with van der Waals surface area (Å²) in [4.78, 5) is 25.4. The smallest absolute Gasteiger partial charge is 0.253 e. The summed E-state index contributed by atoms with van der Waals surface area (Å²) in [7, 11) is 0. The van der Waals surface area contributed by atoms with E-state index < -0.39 is 0 Å². The quantitative estimate of drug-likeness (QED) is 0.664. The Morgan fingerprint density at radius 2 is 1.59 bits per heavy atom. The molecule has 3 rings (SSSR count). The first-order valence-electron chi connectivity index (χ1n) is 10.2. The molecule has 0 aliphatic carbocycles. The van der Waals surface area contributed by atoms with Crippen molar-refractivity contribution in [2.45, 2.75) is 45.4 Å². The topological polar surface area (TPSA) is 49.3 Å². The first-order chi connectivity index (χ1) is 13.3. The molecule has 0 unspecified atom stereocenters. The molecular weight excluding hydrogens is 336 g/mol. The number of aryl methyl sites for hydroxylation is 1. The van der Waals surface area contributed by atoms with Gasteiger partial charge in [0, 0.05) is 44.1 Å². The summed E-state index contributed by atoms with van der Waals surface area (Å²) < 4.78 is 0. The fourth-order valence-corrected chi connectivity index (χ4v) is 3.49. The third-order valence-corrected chi connectivity index (χ3v) is 5.17. The van der Waals surface area contributed by atoms with E-state index in [0.717, 1.165) is 31.0 Å². The minimum atomic E-state index is 0.123. The summed E-state index contributed by atoms with van der Waals surface area (Å²) in [6.45, 7) is 5.19. The SMILES string of the molecule is CCCCCCCc1ccc(C(=O)N2CCN(c3ncccn3)CC2)cc1. The molecule has 5 nitrogen and oxygen atoms in total. The number of anilines is 1. The van der Waals surface area contributed by atoms with Crippen molar-refractivity contribution < 1.29 is 4.79 Å². The first-order valence-corrected chi connectivity index (χ1v) is 10.2. The molecule has 144 valence electrons. The van der Waals surface area contributed by atoms with Crippen molar-refractivity contribution in [3.63, 3.8) is 0 Å². The van der Waals surface area contributed by atoms with Gasteiger partial charge >= 0.3 is 0 Å². The van der Waals surface area contributed by atoms with Crippen molar-refractivity contribution in [2.24, 2.45) is 0 Å². The second kappa shape index (κ2) is 10.0. The average molecular weight is 367 g/mol. The van der Waals surface area contributed by atoms with Gasteiger partial charge in [0.05, 0.1) is 0 Å². The lowest BCUT2D eigenvalue weighted by atomic mass is 10.0. The van der Waals surface area contributed by atoms with Crippen LogP contribution in [0.1, 0.15) is 54.9 Å². The molecule has 0 radical (unpaired) electrons. The molecule has 2 aromatic rings. The number of unbranched alkanes of at least 4 members (excludes halogenated alkanes) is 4. The molecule has 2 heterocycles. The second-order valence-electron chi connectivity index (χ2n) is 7.19. The lowest BCUT2D eigenvalue weighted by Crippen LogP contribution is -2.49. The van der Waals surface area contributed by atoms with Crippen molar-refractivity contribution in [3.05, 3.63) is 53.9 Å². The van der Waals surface area contributed by atoms with E-state index >= 15 is 0 Å². The first kappa shape index (κ1) is 19.3. The van der Waals surface area contributed by atoms with Crippen molar-refractivity contribution in [3.8, 4) is 0 Å². The van der Waals surface area contributed by atoms with Crippen LogP contribution in [0.4, 0.5) is 5.95 Å². The van der Waals surface area contributed by atoms with Crippen LogP contribution in [0.5, 0.6) is 0 Å². The van der Waals surface area contributed by atoms with Crippen molar-refractivity contribution in [2.75, 3.05) is 31.1 Å². The van der Waals surface area contributed by atoms with Crippen LogP contribution in [0.15, 0.2) is 42.7 Å². The highest BCUT2D eigenvalue weighted by molar-refractivity contribution is 5.94. The molecule has 1 saturated heterocycles. The zero-order valence-electron chi connectivity index (χ0n) is 16.3. The summed E-state index contributed by atoms with van der Waals surface area (Å²) in [5.41, 5.74) is 2.11. The molecular formula is C22H30N4O. The Bertz CT molecular complexity index is 694. The highest BCUT2D eigenvalue weighted by atomic mass is 16.2. The Hall–Kier alpha value is -2.43. The second-order valence-corrected chi connectivity index (χ2v) is 7.19. The van der Waals surface area contributed by atoms with Crippen molar-refractivity contribution >= 4 is 11.9 Å². The summed E-state index contributed by atoms with van der Waals surface area (Å²) in [6, 6.07) is 10.0. The third kappa shape index (κ3) is 5.52. The number of aromatic nitrogens is 2. The van der Waals surface area contributed by atoms with Gasteiger partial charge in [0.1, 0.15) is 0 Å². The standard InChI is InChI=1S/C22H30N4O/c1-2-3-4-5-6-8-19-9-11-20(12-10-19)21(27)25-15-17-26(18-16-25)22-23-13-7-14-24-22/h7,9-14H,2-6,8,15-18H2,1H3. The molecule has 5 heteroatoms. The maximum absolute atomic E-state index is 12.8. The average Bonchev–Trinajstić information content (AvgIpc) is 2.74. The number of carbonyl (C=O) groups is 1. The molecule has 1 fully saturated rings. The monoisotopic (exact) mass is 366 g/mol. The molecule has 1 aromatic carbocycles. The molecule has 1 amide bonds.